The molecule has 0 spiro atoms. The summed E-state index contributed by atoms with van der Waals surface area (Å²) in [7, 11) is 0. The molecule has 0 N–H and O–H groups in total. The minimum atomic E-state index is 0.804. The molecule has 3 rings (SSSR count). The molecule has 3 heteroatoms. The highest BCUT2D eigenvalue weighted by Crippen LogP contribution is 2.21. The van der Waals surface area contributed by atoms with Gasteiger partial charge in [-0.15, -0.1) is 0 Å². The maximum atomic E-state index is 4.88. The van der Waals surface area contributed by atoms with E-state index < -0.39 is 0 Å². The standard InChI is InChI=1S/C10H6N2O/c1-2-4-9-7(3-1)8-6-13-12-10(8)5-11-9/h1-6H. The Morgan fingerprint density at radius 2 is 1.92 bits per heavy atom. The Balaban J connectivity index is 2.65. The second-order valence-electron chi connectivity index (χ2n) is 2.89. The maximum absolute atomic E-state index is 4.88. The SMILES string of the molecule is c1ccc2c(c1)ncc1nocc12. The highest BCUT2D eigenvalue weighted by Gasteiger charge is 2.02. The molecule has 0 saturated heterocycles. The van der Waals surface area contributed by atoms with Crippen LogP contribution in [0.25, 0.3) is 21.8 Å². The van der Waals surface area contributed by atoms with Gasteiger partial charge in [-0.05, 0) is 6.07 Å². The molecule has 0 saturated carbocycles. The fourth-order valence-electron chi connectivity index (χ4n) is 1.48. The number of fused-ring (bicyclic) bond motifs is 3. The van der Waals surface area contributed by atoms with Crippen molar-refractivity contribution >= 4 is 21.8 Å². The molecule has 62 valence electrons. The second-order valence-corrected chi connectivity index (χ2v) is 2.89. The quantitative estimate of drug-likeness (QED) is 0.520. The van der Waals surface area contributed by atoms with Crippen LogP contribution in [0.15, 0.2) is 41.2 Å². The van der Waals surface area contributed by atoms with E-state index in [9.17, 15) is 0 Å². The van der Waals surface area contributed by atoms with Gasteiger partial charge in [0.25, 0.3) is 0 Å². The van der Waals surface area contributed by atoms with Crippen molar-refractivity contribution in [3.05, 3.63) is 36.7 Å². The van der Waals surface area contributed by atoms with Crippen LogP contribution in [-0.4, -0.2) is 10.1 Å². The summed E-state index contributed by atoms with van der Waals surface area (Å²) in [6.45, 7) is 0. The molecule has 3 nitrogen and oxygen atoms in total. The van der Waals surface area contributed by atoms with Crippen LogP contribution in [0, 0.1) is 0 Å². The molecule has 0 aliphatic carbocycles. The van der Waals surface area contributed by atoms with E-state index in [1.165, 1.54) is 0 Å². The molecule has 0 aliphatic rings. The number of pyridine rings is 1. The smallest absolute Gasteiger partial charge is 0.132 e. The van der Waals surface area contributed by atoms with Crippen molar-refractivity contribution in [3.8, 4) is 0 Å². The Morgan fingerprint density at radius 1 is 1.00 bits per heavy atom. The number of aromatic nitrogens is 2. The number of para-hydroxylation sites is 1. The van der Waals surface area contributed by atoms with E-state index in [2.05, 4.69) is 10.1 Å². The van der Waals surface area contributed by atoms with Gasteiger partial charge in [-0.1, -0.05) is 23.4 Å². The van der Waals surface area contributed by atoms with E-state index in [1.54, 1.807) is 12.5 Å². The van der Waals surface area contributed by atoms with E-state index in [0.29, 0.717) is 0 Å². The summed E-state index contributed by atoms with van der Waals surface area (Å²) in [6, 6.07) is 7.94. The van der Waals surface area contributed by atoms with Crippen molar-refractivity contribution in [2.45, 2.75) is 0 Å². The zero-order valence-corrected chi connectivity index (χ0v) is 6.77. The Labute approximate surface area is 74.0 Å². The molecule has 3 aromatic rings. The Morgan fingerprint density at radius 3 is 2.92 bits per heavy atom. The molecule has 0 unspecified atom stereocenters. The van der Waals surface area contributed by atoms with Gasteiger partial charge in [0.05, 0.1) is 17.1 Å². The zero-order valence-electron chi connectivity index (χ0n) is 6.77. The highest BCUT2D eigenvalue weighted by molar-refractivity contribution is 6.03. The minimum Gasteiger partial charge on any atom is -0.363 e. The maximum Gasteiger partial charge on any atom is 0.132 e. The van der Waals surface area contributed by atoms with Gasteiger partial charge >= 0.3 is 0 Å². The van der Waals surface area contributed by atoms with Crippen LogP contribution in [0.4, 0.5) is 0 Å². The predicted molar refractivity (Wildman–Crippen MR) is 49.3 cm³/mol. The summed E-state index contributed by atoms with van der Waals surface area (Å²) in [5.74, 6) is 0. The first kappa shape index (κ1) is 6.60. The van der Waals surface area contributed by atoms with Crippen molar-refractivity contribution in [2.75, 3.05) is 0 Å². The van der Waals surface area contributed by atoms with Crippen LogP contribution in [0.3, 0.4) is 0 Å². The second kappa shape index (κ2) is 2.29. The lowest BCUT2D eigenvalue weighted by Gasteiger charge is -1.94. The molecule has 0 atom stereocenters. The van der Waals surface area contributed by atoms with Gasteiger partial charge in [0.2, 0.25) is 0 Å². The Kier molecular flexibility index (Phi) is 1.16. The molecule has 0 bridgehead atoms. The van der Waals surface area contributed by atoms with E-state index in [0.717, 1.165) is 21.8 Å². The van der Waals surface area contributed by atoms with Crippen molar-refractivity contribution in [3.63, 3.8) is 0 Å². The zero-order chi connectivity index (χ0) is 8.67. The fraction of sp³-hybridized carbons (Fsp3) is 0. The lowest BCUT2D eigenvalue weighted by molar-refractivity contribution is 0.428. The van der Waals surface area contributed by atoms with Crippen LogP contribution < -0.4 is 0 Å². The third kappa shape index (κ3) is 0.839. The summed E-state index contributed by atoms with van der Waals surface area (Å²) < 4.78 is 4.88. The van der Waals surface area contributed by atoms with E-state index in [1.807, 2.05) is 24.3 Å². The monoisotopic (exact) mass is 170 g/mol. The topological polar surface area (TPSA) is 38.9 Å². The van der Waals surface area contributed by atoms with Gasteiger partial charge in [0.1, 0.15) is 11.8 Å². The van der Waals surface area contributed by atoms with Gasteiger partial charge in [-0.3, -0.25) is 4.98 Å². The first-order chi connectivity index (χ1) is 6.45. The summed E-state index contributed by atoms with van der Waals surface area (Å²) in [5.41, 5.74) is 1.77. The van der Waals surface area contributed by atoms with Crippen LogP contribution in [0.5, 0.6) is 0 Å². The molecule has 0 radical (unpaired) electrons. The number of rotatable bonds is 0. The molecule has 0 amide bonds. The summed E-state index contributed by atoms with van der Waals surface area (Å²) in [6.07, 6.45) is 3.38. The molecule has 13 heavy (non-hydrogen) atoms. The minimum absolute atomic E-state index is 0.804. The van der Waals surface area contributed by atoms with E-state index in [-0.39, 0.29) is 0 Å². The van der Waals surface area contributed by atoms with Crippen LogP contribution in [0.2, 0.25) is 0 Å². The first-order valence-corrected chi connectivity index (χ1v) is 4.03. The largest absolute Gasteiger partial charge is 0.363 e. The number of hydrogen-bond acceptors (Lipinski definition) is 3. The Hall–Kier alpha value is -1.90. The lowest BCUT2D eigenvalue weighted by atomic mass is 10.1. The molecule has 1 aromatic carbocycles. The highest BCUT2D eigenvalue weighted by atomic mass is 16.5. The molecule has 2 heterocycles. The number of hydrogen-bond donors (Lipinski definition) is 0. The van der Waals surface area contributed by atoms with Gasteiger partial charge < -0.3 is 4.52 Å². The van der Waals surface area contributed by atoms with E-state index in [4.69, 9.17) is 4.52 Å². The average Bonchev–Trinajstić information content (AvgIpc) is 2.65. The van der Waals surface area contributed by atoms with Crippen LogP contribution >= 0.6 is 0 Å². The third-order valence-electron chi connectivity index (χ3n) is 2.12. The van der Waals surface area contributed by atoms with Crippen molar-refractivity contribution in [2.24, 2.45) is 0 Å². The molecule has 0 aliphatic heterocycles. The van der Waals surface area contributed by atoms with Gasteiger partial charge in [0.15, 0.2) is 0 Å². The first-order valence-electron chi connectivity index (χ1n) is 4.03. The fourth-order valence-corrected chi connectivity index (χ4v) is 1.48. The van der Waals surface area contributed by atoms with Gasteiger partial charge in [-0.2, -0.15) is 0 Å². The third-order valence-corrected chi connectivity index (χ3v) is 2.12. The average molecular weight is 170 g/mol. The predicted octanol–water partition coefficient (Wildman–Crippen LogP) is 2.38. The Bertz CT molecular complexity index is 571. The number of benzene rings is 1. The summed E-state index contributed by atoms with van der Waals surface area (Å²) in [4.78, 5) is 4.26. The van der Waals surface area contributed by atoms with Gasteiger partial charge in [0, 0.05) is 5.39 Å². The molecular weight excluding hydrogens is 164 g/mol. The van der Waals surface area contributed by atoms with E-state index >= 15 is 0 Å². The number of nitrogens with zero attached hydrogens (tertiary/aromatic N) is 2. The molecule has 2 aromatic heterocycles. The van der Waals surface area contributed by atoms with Crippen molar-refractivity contribution < 1.29 is 4.52 Å². The lowest BCUT2D eigenvalue weighted by Crippen LogP contribution is -1.78. The van der Waals surface area contributed by atoms with Crippen molar-refractivity contribution in [1.29, 1.82) is 0 Å². The molecular formula is C10H6N2O. The van der Waals surface area contributed by atoms with Crippen molar-refractivity contribution in [1.82, 2.24) is 10.1 Å². The van der Waals surface area contributed by atoms with Crippen LogP contribution in [-0.2, 0) is 0 Å². The normalized spacial score (nSPS) is 11.1. The van der Waals surface area contributed by atoms with Crippen LogP contribution in [0.1, 0.15) is 0 Å². The summed E-state index contributed by atoms with van der Waals surface area (Å²) >= 11 is 0. The molecule has 0 fully saturated rings. The summed E-state index contributed by atoms with van der Waals surface area (Å²) in [5, 5.41) is 5.93. The van der Waals surface area contributed by atoms with Gasteiger partial charge in [-0.25, -0.2) is 0 Å².